The van der Waals surface area contributed by atoms with E-state index in [4.69, 9.17) is 0 Å². The molecule has 0 bridgehead atoms. The van der Waals surface area contributed by atoms with Crippen LogP contribution in [0.5, 0.6) is 0 Å². The summed E-state index contributed by atoms with van der Waals surface area (Å²) < 4.78 is 24.9. The molecule has 0 aliphatic heterocycles. The zero-order chi connectivity index (χ0) is 12.8. The van der Waals surface area contributed by atoms with E-state index in [-0.39, 0.29) is 5.82 Å². The number of hydrogen-bond donors (Lipinski definition) is 0. The van der Waals surface area contributed by atoms with E-state index < -0.39 is 10.8 Å². The maximum Gasteiger partial charge on any atom is 0.124 e. The number of rotatable bonds is 5. The second-order valence-corrected chi connectivity index (χ2v) is 5.67. The van der Waals surface area contributed by atoms with Crippen molar-refractivity contribution < 1.29 is 8.60 Å². The van der Waals surface area contributed by atoms with Gasteiger partial charge in [0.2, 0.25) is 0 Å². The van der Waals surface area contributed by atoms with Crippen molar-refractivity contribution in [2.75, 3.05) is 5.75 Å². The van der Waals surface area contributed by atoms with Crippen molar-refractivity contribution in [2.45, 2.75) is 17.7 Å². The zero-order valence-corrected chi connectivity index (χ0v) is 10.8. The molecular formula is C15H15FOS. The van der Waals surface area contributed by atoms with Crippen molar-refractivity contribution in [1.29, 1.82) is 0 Å². The first-order valence-corrected chi connectivity index (χ1v) is 7.25. The Morgan fingerprint density at radius 3 is 2.50 bits per heavy atom. The van der Waals surface area contributed by atoms with Gasteiger partial charge in [0.1, 0.15) is 5.82 Å². The predicted octanol–water partition coefficient (Wildman–Crippen LogP) is 3.57. The number of aryl methyl sites for hydroxylation is 1. The summed E-state index contributed by atoms with van der Waals surface area (Å²) in [5.41, 5.74) is 1.24. The standard InChI is InChI=1S/C15H15FOS/c16-14-9-4-10-15(12-14)18(17)11-5-8-13-6-2-1-3-7-13/h1-4,6-7,9-10,12H,5,8,11H2. The second kappa shape index (κ2) is 6.45. The molecule has 0 aliphatic rings. The van der Waals surface area contributed by atoms with Crippen LogP contribution in [-0.4, -0.2) is 9.96 Å². The lowest BCUT2D eigenvalue weighted by molar-refractivity contribution is 0.622. The Bertz CT molecular complexity index is 525. The van der Waals surface area contributed by atoms with Crippen LogP contribution in [0, 0.1) is 5.82 Å². The molecule has 0 aromatic heterocycles. The summed E-state index contributed by atoms with van der Waals surface area (Å²) >= 11 is 0. The summed E-state index contributed by atoms with van der Waals surface area (Å²) in [6.45, 7) is 0. The smallest absolute Gasteiger partial charge is 0.124 e. The van der Waals surface area contributed by atoms with Crippen LogP contribution in [0.4, 0.5) is 4.39 Å². The summed E-state index contributed by atoms with van der Waals surface area (Å²) in [4.78, 5) is 0.572. The maximum absolute atomic E-state index is 13.0. The van der Waals surface area contributed by atoms with Gasteiger partial charge in [-0.3, -0.25) is 4.21 Å². The lowest BCUT2D eigenvalue weighted by Crippen LogP contribution is -2.00. The highest BCUT2D eigenvalue weighted by molar-refractivity contribution is 7.85. The van der Waals surface area contributed by atoms with Crippen LogP contribution in [0.1, 0.15) is 12.0 Å². The minimum Gasteiger partial charge on any atom is -0.254 e. The van der Waals surface area contributed by atoms with Gasteiger partial charge in [-0.25, -0.2) is 4.39 Å². The largest absolute Gasteiger partial charge is 0.254 e. The summed E-state index contributed by atoms with van der Waals surface area (Å²) in [6, 6.07) is 16.1. The van der Waals surface area contributed by atoms with Crippen molar-refractivity contribution >= 4 is 10.8 Å². The van der Waals surface area contributed by atoms with Gasteiger partial charge in [-0.15, -0.1) is 0 Å². The molecule has 94 valence electrons. The Morgan fingerprint density at radius 1 is 1.00 bits per heavy atom. The van der Waals surface area contributed by atoms with Crippen LogP contribution in [0.15, 0.2) is 59.5 Å². The molecule has 18 heavy (non-hydrogen) atoms. The molecule has 1 atom stereocenters. The monoisotopic (exact) mass is 262 g/mol. The zero-order valence-electron chi connectivity index (χ0n) is 10.0. The molecule has 0 radical (unpaired) electrons. The van der Waals surface area contributed by atoms with E-state index in [0.717, 1.165) is 12.8 Å². The molecule has 0 heterocycles. The average molecular weight is 262 g/mol. The van der Waals surface area contributed by atoms with Gasteiger partial charge in [0.05, 0.1) is 10.8 Å². The fraction of sp³-hybridized carbons (Fsp3) is 0.200. The molecule has 0 amide bonds. The molecule has 0 fully saturated rings. The Kier molecular flexibility index (Phi) is 4.65. The Labute approximate surface area is 109 Å². The molecular weight excluding hydrogens is 247 g/mol. The summed E-state index contributed by atoms with van der Waals surface area (Å²) in [5, 5.41) is 0. The van der Waals surface area contributed by atoms with Crippen LogP contribution >= 0.6 is 0 Å². The van der Waals surface area contributed by atoms with Gasteiger partial charge < -0.3 is 0 Å². The fourth-order valence-electron chi connectivity index (χ4n) is 1.78. The molecule has 1 unspecified atom stereocenters. The topological polar surface area (TPSA) is 17.1 Å². The highest BCUT2D eigenvalue weighted by atomic mass is 32.2. The van der Waals surface area contributed by atoms with Gasteiger partial charge in [-0.2, -0.15) is 0 Å². The second-order valence-electron chi connectivity index (χ2n) is 4.10. The molecule has 0 spiro atoms. The van der Waals surface area contributed by atoms with Crippen molar-refractivity contribution in [1.82, 2.24) is 0 Å². The van der Waals surface area contributed by atoms with Gasteiger partial charge in [0.25, 0.3) is 0 Å². The Morgan fingerprint density at radius 2 is 1.78 bits per heavy atom. The maximum atomic E-state index is 13.0. The van der Waals surface area contributed by atoms with E-state index in [9.17, 15) is 8.60 Å². The third kappa shape index (κ3) is 3.77. The molecule has 0 aliphatic carbocycles. The minimum absolute atomic E-state index is 0.330. The van der Waals surface area contributed by atoms with Crippen molar-refractivity contribution in [3.8, 4) is 0 Å². The van der Waals surface area contributed by atoms with E-state index in [2.05, 4.69) is 12.1 Å². The van der Waals surface area contributed by atoms with Gasteiger partial charge in [-0.1, -0.05) is 36.4 Å². The lowest BCUT2D eigenvalue weighted by atomic mass is 10.1. The summed E-state index contributed by atoms with van der Waals surface area (Å²) in [5.74, 6) is 0.238. The third-order valence-electron chi connectivity index (χ3n) is 2.70. The highest BCUT2D eigenvalue weighted by Crippen LogP contribution is 2.11. The normalized spacial score (nSPS) is 12.3. The Hall–Kier alpha value is -1.48. The van der Waals surface area contributed by atoms with E-state index in [1.54, 1.807) is 12.1 Å². The average Bonchev–Trinajstić information content (AvgIpc) is 2.40. The van der Waals surface area contributed by atoms with E-state index in [1.807, 2.05) is 18.2 Å². The quantitative estimate of drug-likeness (QED) is 0.805. The van der Waals surface area contributed by atoms with Crippen LogP contribution in [-0.2, 0) is 17.2 Å². The van der Waals surface area contributed by atoms with Crippen LogP contribution in [0.25, 0.3) is 0 Å². The molecule has 2 rings (SSSR count). The number of hydrogen-bond acceptors (Lipinski definition) is 1. The van der Waals surface area contributed by atoms with Crippen LogP contribution < -0.4 is 0 Å². The first-order chi connectivity index (χ1) is 8.75. The van der Waals surface area contributed by atoms with Crippen LogP contribution in [0.3, 0.4) is 0 Å². The van der Waals surface area contributed by atoms with Gasteiger partial charge in [-0.05, 0) is 36.6 Å². The van der Waals surface area contributed by atoms with Crippen molar-refractivity contribution in [3.63, 3.8) is 0 Å². The molecule has 2 aromatic carbocycles. The van der Waals surface area contributed by atoms with E-state index >= 15 is 0 Å². The third-order valence-corrected chi connectivity index (χ3v) is 4.14. The van der Waals surface area contributed by atoms with Crippen LogP contribution in [0.2, 0.25) is 0 Å². The first kappa shape index (κ1) is 13.0. The molecule has 1 nitrogen and oxygen atoms in total. The molecule has 0 saturated carbocycles. The van der Waals surface area contributed by atoms with Gasteiger partial charge in [0, 0.05) is 10.6 Å². The number of benzene rings is 2. The molecule has 0 saturated heterocycles. The van der Waals surface area contributed by atoms with Gasteiger partial charge >= 0.3 is 0 Å². The Balaban J connectivity index is 1.86. The van der Waals surface area contributed by atoms with Crippen molar-refractivity contribution in [3.05, 3.63) is 66.0 Å². The van der Waals surface area contributed by atoms with E-state index in [0.29, 0.717) is 10.6 Å². The highest BCUT2D eigenvalue weighted by Gasteiger charge is 2.04. The predicted molar refractivity (Wildman–Crippen MR) is 72.4 cm³/mol. The summed E-state index contributed by atoms with van der Waals surface area (Å²) in [7, 11) is -1.11. The number of halogens is 1. The van der Waals surface area contributed by atoms with Gasteiger partial charge in [0.15, 0.2) is 0 Å². The SMILES string of the molecule is O=S(CCCc1ccccc1)c1cccc(F)c1. The molecule has 2 aromatic rings. The first-order valence-electron chi connectivity index (χ1n) is 5.93. The fourth-order valence-corrected chi connectivity index (χ4v) is 2.90. The lowest BCUT2D eigenvalue weighted by Gasteiger charge is -2.03. The van der Waals surface area contributed by atoms with Crippen molar-refractivity contribution in [2.24, 2.45) is 0 Å². The minimum atomic E-state index is -1.11. The molecule has 0 N–H and O–H groups in total. The molecule has 3 heteroatoms. The summed E-state index contributed by atoms with van der Waals surface area (Å²) in [6.07, 6.45) is 1.75. The van der Waals surface area contributed by atoms with E-state index in [1.165, 1.54) is 17.7 Å².